The summed E-state index contributed by atoms with van der Waals surface area (Å²) in [5, 5.41) is 17.1. The first-order chi connectivity index (χ1) is 9.31. The molecule has 2 N–H and O–H groups in total. The Bertz CT molecular complexity index is 509. The van der Waals surface area contributed by atoms with Crippen LogP contribution in [0.2, 0.25) is 0 Å². The number of aromatic nitrogens is 2. The van der Waals surface area contributed by atoms with Gasteiger partial charge in [0.15, 0.2) is 0 Å². The zero-order valence-electron chi connectivity index (χ0n) is 10.9. The highest BCUT2D eigenvalue weighted by Crippen LogP contribution is 2.31. The molecular formula is C15H19N3O. The standard InChI is InChI=1S/C15H19N3O/c19-12-15(7-1-8-15)16-11-13-3-5-14(6-4-13)18-10-2-9-17-18/h2-6,9-10,16,19H,1,7-8,11-12H2. The molecule has 0 aliphatic heterocycles. The Morgan fingerprint density at radius 1 is 1.26 bits per heavy atom. The van der Waals surface area contributed by atoms with Crippen LogP contribution in [0.4, 0.5) is 0 Å². The fraction of sp³-hybridized carbons (Fsp3) is 0.400. The van der Waals surface area contributed by atoms with Gasteiger partial charge >= 0.3 is 0 Å². The lowest BCUT2D eigenvalue weighted by Gasteiger charge is -2.41. The van der Waals surface area contributed by atoms with Crippen LogP contribution in [0.25, 0.3) is 5.69 Å². The number of hydrogen-bond acceptors (Lipinski definition) is 3. The van der Waals surface area contributed by atoms with E-state index in [1.54, 1.807) is 6.20 Å². The Labute approximate surface area is 113 Å². The maximum atomic E-state index is 9.41. The van der Waals surface area contributed by atoms with E-state index < -0.39 is 0 Å². The van der Waals surface area contributed by atoms with Gasteiger partial charge in [0.05, 0.1) is 12.3 Å². The van der Waals surface area contributed by atoms with E-state index in [9.17, 15) is 5.11 Å². The SMILES string of the molecule is OCC1(NCc2ccc(-n3cccn3)cc2)CCC1. The number of hydrogen-bond donors (Lipinski definition) is 2. The quantitative estimate of drug-likeness (QED) is 0.860. The van der Waals surface area contributed by atoms with Crippen LogP contribution in [0.5, 0.6) is 0 Å². The van der Waals surface area contributed by atoms with Gasteiger partial charge in [0.1, 0.15) is 0 Å². The molecule has 2 aromatic rings. The third-order valence-electron chi connectivity index (χ3n) is 3.99. The van der Waals surface area contributed by atoms with E-state index in [1.807, 2.05) is 16.9 Å². The van der Waals surface area contributed by atoms with E-state index in [0.29, 0.717) is 0 Å². The van der Waals surface area contributed by atoms with Gasteiger partial charge in [-0.05, 0) is 43.0 Å². The first kappa shape index (κ1) is 12.4. The molecule has 1 fully saturated rings. The molecule has 1 saturated carbocycles. The predicted molar refractivity (Wildman–Crippen MR) is 74.1 cm³/mol. The summed E-state index contributed by atoms with van der Waals surface area (Å²) >= 11 is 0. The van der Waals surface area contributed by atoms with Crippen molar-refractivity contribution in [1.82, 2.24) is 15.1 Å². The van der Waals surface area contributed by atoms with Crippen LogP contribution < -0.4 is 5.32 Å². The molecule has 0 unspecified atom stereocenters. The third-order valence-corrected chi connectivity index (χ3v) is 3.99. The Balaban J connectivity index is 1.63. The van der Waals surface area contributed by atoms with Crippen molar-refractivity contribution < 1.29 is 5.11 Å². The van der Waals surface area contributed by atoms with Crippen molar-refractivity contribution in [3.8, 4) is 5.69 Å². The summed E-state index contributed by atoms with van der Waals surface area (Å²) in [6.07, 6.45) is 7.08. The lowest BCUT2D eigenvalue weighted by molar-refractivity contribution is 0.0872. The number of aliphatic hydroxyl groups is 1. The molecule has 4 heteroatoms. The van der Waals surface area contributed by atoms with Crippen LogP contribution in [0.15, 0.2) is 42.7 Å². The molecular weight excluding hydrogens is 238 g/mol. The van der Waals surface area contributed by atoms with Crippen molar-refractivity contribution in [3.63, 3.8) is 0 Å². The van der Waals surface area contributed by atoms with Gasteiger partial charge < -0.3 is 10.4 Å². The molecule has 0 bridgehead atoms. The summed E-state index contributed by atoms with van der Waals surface area (Å²) in [5.74, 6) is 0. The molecule has 0 radical (unpaired) electrons. The molecule has 4 nitrogen and oxygen atoms in total. The second-order valence-electron chi connectivity index (χ2n) is 5.26. The molecule has 0 spiro atoms. The van der Waals surface area contributed by atoms with Crippen LogP contribution in [0.1, 0.15) is 24.8 Å². The molecule has 0 saturated heterocycles. The third kappa shape index (κ3) is 2.55. The van der Waals surface area contributed by atoms with Crippen molar-refractivity contribution >= 4 is 0 Å². The number of aliphatic hydroxyl groups excluding tert-OH is 1. The molecule has 1 aromatic heterocycles. The minimum atomic E-state index is -0.0271. The van der Waals surface area contributed by atoms with Crippen LogP contribution in [-0.4, -0.2) is 27.0 Å². The zero-order valence-corrected chi connectivity index (χ0v) is 10.9. The van der Waals surface area contributed by atoms with Gasteiger partial charge in [-0.3, -0.25) is 0 Å². The summed E-state index contributed by atoms with van der Waals surface area (Å²) in [5.41, 5.74) is 2.27. The molecule has 1 heterocycles. The monoisotopic (exact) mass is 257 g/mol. The van der Waals surface area contributed by atoms with Gasteiger partial charge in [-0.25, -0.2) is 4.68 Å². The first-order valence-corrected chi connectivity index (χ1v) is 6.76. The zero-order chi connectivity index (χ0) is 13.1. The van der Waals surface area contributed by atoms with E-state index in [0.717, 1.165) is 25.1 Å². The largest absolute Gasteiger partial charge is 0.394 e. The van der Waals surface area contributed by atoms with Gasteiger partial charge in [0.2, 0.25) is 0 Å². The van der Waals surface area contributed by atoms with Gasteiger partial charge in [0, 0.05) is 24.5 Å². The average Bonchev–Trinajstić information content (AvgIpc) is 2.93. The van der Waals surface area contributed by atoms with Crippen molar-refractivity contribution in [2.45, 2.75) is 31.3 Å². The lowest BCUT2D eigenvalue weighted by Crippen LogP contribution is -2.53. The highest BCUT2D eigenvalue weighted by atomic mass is 16.3. The second kappa shape index (κ2) is 5.15. The van der Waals surface area contributed by atoms with Crippen LogP contribution in [0.3, 0.4) is 0 Å². The van der Waals surface area contributed by atoms with E-state index in [-0.39, 0.29) is 12.1 Å². The second-order valence-corrected chi connectivity index (χ2v) is 5.26. The first-order valence-electron chi connectivity index (χ1n) is 6.76. The summed E-state index contributed by atoms with van der Waals surface area (Å²) in [4.78, 5) is 0. The van der Waals surface area contributed by atoms with Crippen molar-refractivity contribution in [2.24, 2.45) is 0 Å². The molecule has 0 amide bonds. The Morgan fingerprint density at radius 3 is 2.58 bits per heavy atom. The molecule has 100 valence electrons. The Morgan fingerprint density at radius 2 is 2.05 bits per heavy atom. The number of nitrogens with one attached hydrogen (secondary N) is 1. The van der Waals surface area contributed by atoms with Gasteiger partial charge in [-0.1, -0.05) is 12.1 Å². The number of nitrogens with zero attached hydrogens (tertiary/aromatic N) is 2. The van der Waals surface area contributed by atoms with E-state index >= 15 is 0 Å². The minimum absolute atomic E-state index is 0.0271. The molecule has 1 aliphatic carbocycles. The predicted octanol–water partition coefficient (Wildman–Crippen LogP) is 1.88. The lowest BCUT2D eigenvalue weighted by atomic mass is 9.77. The Kier molecular flexibility index (Phi) is 3.36. The van der Waals surface area contributed by atoms with Gasteiger partial charge in [0.25, 0.3) is 0 Å². The fourth-order valence-electron chi connectivity index (χ4n) is 2.47. The average molecular weight is 257 g/mol. The molecule has 19 heavy (non-hydrogen) atoms. The summed E-state index contributed by atoms with van der Waals surface area (Å²) in [6, 6.07) is 10.3. The molecule has 1 aromatic carbocycles. The number of benzene rings is 1. The van der Waals surface area contributed by atoms with Crippen molar-refractivity contribution in [3.05, 3.63) is 48.3 Å². The van der Waals surface area contributed by atoms with Gasteiger partial charge in [-0.15, -0.1) is 0 Å². The van der Waals surface area contributed by atoms with Crippen LogP contribution in [0, 0.1) is 0 Å². The fourth-order valence-corrected chi connectivity index (χ4v) is 2.47. The van der Waals surface area contributed by atoms with E-state index in [2.05, 4.69) is 34.7 Å². The van der Waals surface area contributed by atoms with Crippen molar-refractivity contribution in [1.29, 1.82) is 0 Å². The Hall–Kier alpha value is -1.65. The summed E-state index contributed by atoms with van der Waals surface area (Å²) < 4.78 is 1.85. The maximum absolute atomic E-state index is 9.41. The minimum Gasteiger partial charge on any atom is -0.394 e. The van der Waals surface area contributed by atoms with Gasteiger partial charge in [-0.2, -0.15) is 5.10 Å². The van der Waals surface area contributed by atoms with E-state index in [1.165, 1.54) is 12.0 Å². The van der Waals surface area contributed by atoms with E-state index in [4.69, 9.17) is 0 Å². The van der Waals surface area contributed by atoms with Crippen LogP contribution >= 0.6 is 0 Å². The molecule has 1 aliphatic rings. The highest BCUT2D eigenvalue weighted by molar-refractivity contribution is 5.33. The smallest absolute Gasteiger partial charge is 0.0645 e. The number of rotatable bonds is 5. The van der Waals surface area contributed by atoms with Crippen LogP contribution in [-0.2, 0) is 6.54 Å². The topological polar surface area (TPSA) is 50.1 Å². The molecule has 3 rings (SSSR count). The maximum Gasteiger partial charge on any atom is 0.0645 e. The summed E-state index contributed by atoms with van der Waals surface area (Å²) in [6.45, 7) is 1.04. The molecule has 0 atom stereocenters. The van der Waals surface area contributed by atoms with Crippen molar-refractivity contribution in [2.75, 3.05) is 6.61 Å². The highest BCUT2D eigenvalue weighted by Gasteiger charge is 2.35. The summed E-state index contributed by atoms with van der Waals surface area (Å²) in [7, 11) is 0. The normalized spacial score (nSPS) is 17.1.